The van der Waals surface area contributed by atoms with E-state index in [9.17, 15) is 9.59 Å². The Kier molecular flexibility index (Phi) is 4.96. The molecule has 2 N–H and O–H groups in total. The highest BCUT2D eigenvalue weighted by molar-refractivity contribution is 6.07. The maximum absolute atomic E-state index is 12.1. The topological polar surface area (TPSA) is 66.4 Å². The second-order valence-electron chi connectivity index (χ2n) is 4.89. The molecule has 4 nitrogen and oxygen atoms in total. The minimum atomic E-state index is -1.09. The second-order valence-corrected chi connectivity index (χ2v) is 4.89. The molecule has 0 saturated heterocycles. The highest BCUT2D eigenvalue weighted by atomic mass is 16.4. The summed E-state index contributed by atoms with van der Waals surface area (Å²) in [6, 6.07) is 13.5. The van der Waals surface area contributed by atoms with Crippen LogP contribution >= 0.6 is 0 Å². The molecule has 0 bridgehead atoms. The Bertz CT molecular complexity index is 811. The molecule has 0 atom stereocenters. The summed E-state index contributed by atoms with van der Waals surface area (Å²) < 4.78 is 0. The van der Waals surface area contributed by atoms with Gasteiger partial charge in [-0.05, 0) is 42.3 Å². The lowest BCUT2D eigenvalue weighted by Gasteiger charge is -2.07. The smallest absolute Gasteiger partial charge is 0.337 e. The number of carboxylic acid groups (broad SMARTS) is 1. The first-order valence-electron chi connectivity index (χ1n) is 6.90. The largest absolute Gasteiger partial charge is 0.478 e. The number of allylic oxidation sites excluding steroid dienone is 1. The van der Waals surface area contributed by atoms with Gasteiger partial charge in [0.25, 0.3) is 0 Å². The Morgan fingerprint density at radius 1 is 1.13 bits per heavy atom. The molecule has 0 fully saturated rings. The predicted octanol–water partition coefficient (Wildman–Crippen LogP) is 3.41. The quantitative estimate of drug-likeness (QED) is 0.672. The lowest BCUT2D eigenvalue weighted by atomic mass is 10.1. The summed E-state index contributed by atoms with van der Waals surface area (Å²) in [5.41, 5.74) is 2.69. The van der Waals surface area contributed by atoms with E-state index in [-0.39, 0.29) is 11.3 Å². The second kappa shape index (κ2) is 7.10. The van der Waals surface area contributed by atoms with Crippen molar-refractivity contribution in [3.63, 3.8) is 0 Å². The summed E-state index contributed by atoms with van der Waals surface area (Å²) in [5, 5.41) is 11.7. The van der Waals surface area contributed by atoms with E-state index in [0.29, 0.717) is 0 Å². The monoisotopic (exact) mass is 305 g/mol. The van der Waals surface area contributed by atoms with Crippen molar-refractivity contribution in [1.82, 2.24) is 0 Å². The molecular weight excluding hydrogens is 290 g/mol. The standard InChI is InChI=1S/C19H15NO3/c1-3-14-8-10-15(11-9-14)13(2)12-18(21)20-17-7-5-4-6-16(17)19(22)23/h1,4-12H,2H3,(H,20,21)(H,22,23). The highest BCUT2D eigenvalue weighted by Gasteiger charge is 2.10. The zero-order valence-electron chi connectivity index (χ0n) is 12.5. The molecule has 114 valence electrons. The van der Waals surface area contributed by atoms with Gasteiger partial charge in [-0.1, -0.05) is 30.2 Å². The number of amides is 1. The Hall–Kier alpha value is -3.32. The molecule has 0 unspecified atom stereocenters. The van der Waals surface area contributed by atoms with Crippen LogP contribution in [0.25, 0.3) is 5.57 Å². The third kappa shape index (κ3) is 4.08. The Morgan fingerprint density at radius 3 is 2.39 bits per heavy atom. The average molecular weight is 305 g/mol. The normalized spacial score (nSPS) is 10.7. The number of hydrogen-bond donors (Lipinski definition) is 2. The van der Waals surface area contributed by atoms with Crippen LogP contribution in [0, 0.1) is 12.3 Å². The Balaban J connectivity index is 2.18. The van der Waals surface area contributed by atoms with E-state index in [1.165, 1.54) is 12.1 Å². The molecule has 2 rings (SSSR count). The number of nitrogens with one attached hydrogen (secondary N) is 1. The van der Waals surface area contributed by atoms with Crippen molar-refractivity contribution < 1.29 is 14.7 Å². The number of aromatic carboxylic acids is 1. The highest BCUT2D eigenvalue weighted by Crippen LogP contribution is 2.17. The van der Waals surface area contributed by atoms with Gasteiger partial charge in [0.05, 0.1) is 11.3 Å². The fourth-order valence-corrected chi connectivity index (χ4v) is 2.06. The van der Waals surface area contributed by atoms with Gasteiger partial charge >= 0.3 is 5.97 Å². The van der Waals surface area contributed by atoms with Gasteiger partial charge in [-0.25, -0.2) is 4.79 Å². The van der Waals surface area contributed by atoms with Gasteiger partial charge in [-0.15, -0.1) is 6.42 Å². The van der Waals surface area contributed by atoms with E-state index in [2.05, 4.69) is 11.2 Å². The van der Waals surface area contributed by atoms with E-state index in [1.54, 1.807) is 37.3 Å². The number of terminal acetylenes is 1. The van der Waals surface area contributed by atoms with Gasteiger partial charge in [-0.3, -0.25) is 4.79 Å². The zero-order valence-corrected chi connectivity index (χ0v) is 12.5. The molecular formula is C19H15NO3. The van der Waals surface area contributed by atoms with Crippen molar-refractivity contribution in [3.8, 4) is 12.3 Å². The first kappa shape index (κ1) is 16.1. The number of anilines is 1. The lowest BCUT2D eigenvalue weighted by Crippen LogP contribution is -2.12. The molecule has 0 aliphatic carbocycles. The maximum Gasteiger partial charge on any atom is 0.337 e. The van der Waals surface area contributed by atoms with Gasteiger partial charge in [0, 0.05) is 11.6 Å². The fraction of sp³-hybridized carbons (Fsp3) is 0.0526. The number of para-hydroxylation sites is 1. The number of hydrogen-bond acceptors (Lipinski definition) is 2. The van der Waals surface area contributed by atoms with Crippen LogP contribution < -0.4 is 5.32 Å². The molecule has 1 amide bonds. The number of benzene rings is 2. The molecule has 0 aromatic heterocycles. The molecule has 0 spiro atoms. The summed E-state index contributed by atoms with van der Waals surface area (Å²) in [6.45, 7) is 1.80. The molecule has 23 heavy (non-hydrogen) atoms. The number of carbonyl (C=O) groups excluding carboxylic acids is 1. The fourth-order valence-electron chi connectivity index (χ4n) is 2.06. The van der Waals surface area contributed by atoms with Gasteiger partial charge < -0.3 is 10.4 Å². The molecule has 4 heteroatoms. The average Bonchev–Trinajstić information content (AvgIpc) is 2.55. The number of carboxylic acids is 1. The van der Waals surface area contributed by atoms with E-state index in [0.717, 1.165) is 16.7 Å². The van der Waals surface area contributed by atoms with Gasteiger partial charge in [0.2, 0.25) is 5.91 Å². The van der Waals surface area contributed by atoms with Gasteiger partial charge in [0.15, 0.2) is 0 Å². The minimum absolute atomic E-state index is 0.0466. The molecule has 0 radical (unpaired) electrons. The SMILES string of the molecule is C#Cc1ccc(C(C)=CC(=O)Nc2ccccc2C(=O)O)cc1. The third-order valence-corrected chi connectivity index (χ3v) is 3.27. The van der Waals surface area contributed by atoms with E-state index in [1.807, 2.05) is 12.1 Å². The molecule has 0 heterocycles. The van der Waals surface area contributed by atoms with Crippen molar-refractivity contribution in [2.24, 2.45) is 0 Å². The van der Waals surface area contributed by atoms with Crippen molar-refractivity contribution in [1.29, 1.82) is 0 Å². The van der Waals surface area contributed by atoms with Crippen molar-refractivity contribution in [2.75, 3.05) is 5.32 Å². The van der Waals surface area contributed by atoms with Gasteiger partial charge in [-0.2, -0.15) is 0 Å². The van der Waals surface area contributed by atoms with E-state index in [4.69, 9.17) is 11.5 Å². The first-order chi connectivity index (χ1) is 11.0. The molecule has 2 aromatic rings. The summed E-state index contributed by atoms with van der Waals surface area (Å²) in [4.78, 5) is 23.2. The molecule has 0 saturated carbocycles. The van der Waals surface area contributed by atoms with Crippen molar-refractivity contribution >= 4 is 23.1 Å². The van der Waals surface area contributed by atoms with Gasteiger partial charge in [0.1, 0.15) is 0 Å². The zero-order chi connectivity index (χ0) is 16.8. The maximum atomic E-state index is 12.1. The minimum Gasteiger partial charge on any atom is -0.478 e. The van der Waals surface area contributed by atoms with Crippen LogP contribution in [0.15, 0.2) is 54.6 Å². The van der Waals surface area contributed by atoms with Crippen LogP contribution in [0.3, 0.4) is 0 Å². The van der Waals surface area contributed by atoms with Crippen LogP contribution in [0.1, 0.15) is 28.4 Å². The molecule has 2 aromatic carbocycles. The van der Waals surface area contributed by atoms with Crippen LogP contribution in [-0.2, 0) is 4.79 Å². The Labute approximate surface area is 134 Å². The molecule has 0 aliphatic heterocycles. The van der Waals surface area contributed by atoms with Crippen LogP contribution in [0.5, 0.6) is 0 Å². The Morgan fingerprint density at radius 2 is 1.78 bits per heavy atom. The van der Waals surface area contributed by atoms with E-state index < -0.39 is 11.9 Å². The van der Waals surface area contributed by atoms with Crippen molar-refractivity contribution in [2.45, 2.75) is 6.92 Å². The summed E-state index contributed by atoms with van der Waals surface area (Å²) in [5.74, 6) is 1.05. The van der Waals surface area contributed by atoms with E-state index >= 15 is 0 Å². The summed E-state index contributed by atoms with van der Waals surface area (Å²) in [7, 11) is 0. The summed E-state index contributed by atoms with van der Waals surface area (Å²) >= 11 is 0. The number of rotatable bonds is 4. The third-order valence-electron chi connectivity index (χ3n) is 3.27. The predicted molar refractivity (Wildman–Crippen MR) is 90.1 cm³/mol. The van der Waals surface area contributed by atoms with Crippen LogP contribution in [0.2, 0.25) is 0 Å². The van der Waals surface area contributed by atoms with Crippen LogP contribution in [0.4, 0.5) is 5.69 Å². The van der Waals surface area contributed by atoms with Crippen LogP contribution in [-0.4, -0.2) is 17.0 Å². The molecule has 0 aliphatic rings. The summed E-state index contributed by atoms with van der Waals surface area (Å²) in [6.07, 6.45) is 6.72. The lowest BCUT2D eigenvalue weighted by molar-refractivity contribution is -0.111. The first-order valence-corrected chi connectivity index (χ1v) is 6.90. The van der Waals surface area contributed by atoms with Crippen molar-refractivity contribution in [3.05, 3.63) is 71.3 Å². The number of carbonyl (C=O) groups is 2.